The van der Waals surface area contributed by atoms with Crippen LogP contribution in [-0.4, -0.2) is 39.9 Å². The van der Waals surface area contributed by atoms with Gasteiger partial charge in [-0.15, -0.1) is 11.8 Å². The molecule has 0 aliphatic carbocycles. The second-order valence-electron chi connectivity index (χ2n) is 5.27. The van der Waals surface area contributed by atoms with E-state index in [0.29, 0.717) is 5.69 Å². The Balaban J connectivity index is 1.91. The number of thioether (sulfide) groups is 1. The van der Waals surface area contributed by atoms with Gasteiger partial charge in [0.2, 0.25) is 11.8 Å². The van der Waals surface area contributed by atoms with Crippen molar-refractivity contribution < 1.29 is 19.5 Å². The van der Waals surface area contributed by atoms with Crippen LogP contribution in [0, 0.1) is 13.8 Å². The van der Waals surface area contributed by atoms with Crippen molar-refractivity contribution in [3.8, 4) is 0 Å². The van der Waals surface area contributed by atoms with E-state index in [1.165, 1.54) is 11.8 Å². The molecular weight excluding hydrogens is 304 g/mol. The predicted octanol–water partition coefficient (Wildman–Crippen LogP) is 1.32. The highest BCUT2D eigenvalue weighted by atomic mass is 32.2. The third-order valence-electron chi connectivity index (χ3n) is 3.53. The van der Waals surface area contributed by atoms with Crippen molar-refractivity contribution in [3.05, 3.63) is 29.3 Å². The van der Waals surface area contributed by atoms with Gasteiger partial charge in [0, 0.05) is 17.9 Å². The van der Waals surface area contributed by atoms with E-state index in [9.17, 15) is 14.4 Å². The zero-order chi connectivity index (χ0) is 16.3. The first kappa shape index (κ1) is 16.4. The number of aliphatic carboxylic acids is 1. The molecule has 6 nitrogen and oxygen atoms in total. The van der Waals surface area contributed by atoms with Crippen LogP contribution in [-0.2, 0) is 14.4 Å². The van der Waals surface area contributed by atoms with Gasteiger partial charge in [0.25, 0.3) is 0 Å². The van der Waals surface area contributed by atoms with Crippen LogP contribution in [0.4, 0.5) is 5.69 Å². The molecule has 1 aliphatic rings. The fraction of sp³-hybridized carbons (Fsp3) is 0.400. The van der Waals surface area contributed by atoms with Crippen molar-refractivity contribution in [2.75, 3.05) is 11.1 Å². The summed E-state index contributed by atoms with van der Waals surface area (Å²) in [6.07, 6.45) is 0.0236. The summed E-state index contributed by atoms with van der Waals surface area (Å²) < 4.78 is 0. The summed E-state index contributed by atoms with van der Waals surface area (Å²) >= 11 is 1.20. The molecule has 1 heterocycles. The number of anilines is 1. The molecule has 2 amide bonds. The molecule has 0 spiro atoms. The quantitative estimate of drug-likeness (QED) is 0.777. The molecule has 1 aromatic rings. The molecule has 1 saturated heterocycles. The Bertz CT molecular complexity index is 618. The molecule has 1 fully saturated rings. The van der Waals surface area contributed by atoms with Crippen molar-refractivity contribution in [1.82, 2.24) is 5.32 Å². The first-order valence-electron chi connectivity index (χ1n) is 6.88. The maximum Gasteiger partial charge on any atom is 0.327 e. The van der Waals surface area contributed by atoms with Crippen molar-refractivity contribution in [1.29, 1.82) is 0 Å². The molecular formula is C15H18N2O4S. The zero-order valence-electron chi connectivity index (χ0n) is 12.4. The van der Waals surface area contributed by atoms with E-state index in [-0.39, 0.29) is 18.1 Å². The van der Waals surface area contributed by atoms with E-state index in [4.69, 9.17) is 5.11 Å². The van der Waals surface area contributed by atoms with Gasteiger partial charge in [-0.1, -0.05) is 6.07 Å². The molecule has 0 saturated carbocycles. The second kappa shape index (κ2) is 6.83. The topological polar surface area (TPSA) is 95.5 Å². The third-order valence-corrected chi connectivity index (χ3v) is 4.84. The highest BCUT2D eigenvalue weighted by Gasteiger charge is 2.33. The van der Waals surface area contributed by atoms with Gasteiger partial charge in [-0.3, -0.25) is 9.59 Å². The van der Waals surface area contributed by atoms with Gasteiger partial charge in [0.05, 0.1) is 5.25 Å². The molecule has 0 bridgehead atoms. The van der Waals surface area contributed by atoms with Gasteiger partial charge in [-0.05, 0) is 37.1 Å². The number of nitrogens with one attached hydrogen (secondary N) is 2. The Morgan fingerprint density at radius 2 is 2.09 bits per heavy atom. The van der Waals surface area contributed by atoms with Crippen LogP contribution in [0.2, 0.25) is 0 Å². The van der Waals surface area contributed by atoms with Crippen LogP contribution in [0.15, 0.2) is 18.2 Å². The minimum atomic E-state index is -1.06. The maximum absolute atomic E-state index is 12.0. The number of carboxylic acids is 1. The number of aryl methyl sites for hydroxylation is 2. The lowest BCUT2D eigenvalue weighted by atomic mass is 10.1. The summed E-state index contributed by atoms with van der Waals surface area (Å²) in [6, 6.07) is 4.73. The number of hydrogen-bond acceptors (Lipinski definition) is 4. The Kier molecular flexibility index (Phi) is 5.07. The highest BCUT2D eigenvalue weighted by Crippen LogP contribution is 2.22. The molecule has 7 heteroatoms. The summed E-state index contributed by atoms with van der Waals surface area (Å²) in [4.78, 5) is 34.7. The third kappa shape index (κ3) is 4.00. The molecule has 0 aromatic heterocycles. The van der Waals surface area contributed by atoms with E-state index < -0.39 is 23.2 Å². The van der Waals surface area contributed by atoms with Gasteiger partial charge >= 0.3 is 5.97 Å². The van der Waals surface area contributed by atoms with Crippen LogP contribution in [0.1, 0.15) is 17.5 Å². The number of rotatable bonds is 4. The van der Waals surface area contributed by atoms with Crippen LogP contribution >= 0.6 is 11.8 Å². The Morgan fingerprint density at radius 3 is 2.68 bits per heavy atom. The van der Waals surface area contributed by atoms with E-state index in [1.54, 1.807) is 0 Å². The average Bonchev–Trinajstić information content (AvgIpc) is 2.45. The minimum absolute atomic E-state index is 0.0236. The summed E-state index contributed by atoms with van der Waals surface area (Å²) in [6.45, 7) is 3.95. The minimum Gasteiger partial charge on any atom is -0.480 e. The highest BCUT2D eigenvalue weighted by molar-refractivity contribution is 8.00. The molecule has 2 atom stereocenters. The Labute approximate surface area is 132 Å². The van der Waals surface area contributed by atoms with E-state index in [1.807, 2.05) is 32.0 Å². The summed E-state index contributed by atoms with van der Waals surface area (Å²) in [7, 11) is 0. The molecule has 3 N–H and O–H groups in total. The lowest BCUT2D eigenvalue weighted by Crippen LogP contribution is -2.51. The van der Waals surface area contributed by atoms with Gasteiger partial charge in [-0.25, -0.2) is 4.79 Å². The lowest BCUT2D eigenvalue weighted by Gasteiger charge is -2.25. The average molecular weight is 322 g/mol. The van der Waals surface area contributed by atoms with Crippen molar-refractivity contribution in [2.45, 2.75) is 31.6 Å². The van der Waals surface area contributed by atoms with Crippen molar-refractivity contribution in [2.24, 2.45) is 0 Å². The second-order valence-corrected chi connectivity index (χ2v) is 6.51. The Morgan fingerprint density at radius 1 is 1.36 bits per heavy atom. The van der Waals surface area contributed by atoms with E-state index >= 15 is 0 Å². The first-order chi connectivity index (χ1) is 10.4. The lowest BCUT2D eigenvalue weighted by molar-refractivity contribution is -0.141. The largest absolute Gasteiger partial charge is 0.480 e. The van der Waals surface area contributed by atoms with Crippen LogP contribution in [0.25, 0.3) is 0 Å². The summed E-state index contributed by atoms with van der Waals surface area (Å²) in [5, 5.41) is 13.5. The standard InChI is InChI=1S/C15H18N2O4S/c1-8-3-4-10(5-9(8)2)16-13(18)6-12-14(19)17-11(7-22-12)15(20)21/h3-5,11-12H,6-7H2,1-2H3,(H,16,18)(H,17,19)(H,20,21)/t11-,12-/m1/s1. The maximum atomic E-state index is 12.0. The monoisotopic (exact) mass is 322 g/mol. The number of carbonyl (C=O) groups is 3. The van der Waals surface area contributed by atoms with E-state index in [0.717, 1.165) is 11.1 Å². The number of hydrogen-bond donors (Lipinski definition) is 3. The summed E-state index contributed by atoms with van der Waals surface area (Å²) in [5.41, 5.74) is 2.91. The van der Waals surface area contributed by atoms with Gasteiger partial charge in [-0.2, -0.15) is 0 Å². The normalized spacial score (nSPS) is 21.1. The number of amides is 2. The molecule has 1 aliphatic heterocycles. The van der Waals surface area contributed by atoms with Gasteiger partial charge in [0.15, 0.2) is 0 Å². The molecule has 22 heavy (non-hydrogen) atoms. The SMILES string of the molecule is Cc1ccc(NC(=O)C[C@H]2SC[C@H](C(=O)O)NC2=O)cc1C. The fourth-order valence-electron chi connectivity index (χ4n) is 2.08. The molecule has 1 aromatic carbocycles. The number of benzene rings is 1. The summed E-state index contributed by atoms with van der Waals surface area (Å²) in [5.74, 6) is -1.45. The van der Waals surface area contributed by atoms with Crippen molar-refractivity contribution >= 4 is 35.2 Å². The number of carbonyl (C=O) groups excluding carboxylic acids is 2. The smallest absolute Gasteiger partial charge is 0.327 e. The fourth-order valence-corrected chi connectivity index (χ4v) is 3.22. The Hall–Kier alpha value is -2.02. The van der Waals surface area contributed by atoms with Crippen molar-refractivity contribution in [3.63, 3.8) is 0 Å². The van der Waals surface area contributed by atoms with Crippen LogP contribution in [0.5, 0.6) is 0 Å². The van der Waals surface area contributed by atoms with Crippen LogP contribution < -0.4 is 10.6 Å². The zero-order valence-corrected chi connectivity index (χ0v) is 13.2. The molecule has 2 rings (SSSR count). The van der Waals surface area contributed by atoms with Gasteiger partial charge in [0.1, 0.15) is 6.04 Å². The molecule has 0 unspecified atom stereocenters. The molecule has 0 radical (unpaired) electrons. The van der Waals surface area contributed by atoms with Crippen LogP contribution in [0.3, 0.4) is 0 Å². The molecule has 118 valence electrons. The first-order valence-corrected chi connectivity index (χ1v) is 7.93. The van der Waals surface area contributed by atoms with E-state index in [2.05, 4.69) is 10.6 Å². The van der Waals surface area contributed by atoms with Gasteiger partial charge < -0.3 is 15.7 Å². The number of carboxylic acid groups (broad SMARTS) is 1. The predicted molar refractivity (Wildman–Crippen MR) is 85.0 cm³/mol.